The largest absolute Gasteiger partial charge is 0.489 e. The summed E-state index contributed by atoms with van der Waals surface area (Å²) >= 11 is 3.47. The van der Waals surface area contributed by atoms with Gasteiger partial charge in [-0.2, -0.15) is 0 Å². The Morgan fingerprint density at radius 2 is 2.08 bits per heavy atom. The van der Waals surface area contributed by atoms with Crippen LogP contribution in [0.4, 0.5) is 0 Å². The quantitative estimate of drug-likeness (QED) is 0.795. The van der Waals surface area contributed by atoms with E-state index in [9.17, 15) is 4.79 Å². The molecule has 1 aliphatic rings. The Hall–Kier alpha value is -1.85. The molecular formula is C19H20BrNO3. The zero-order chi connectivity index (χ0) is 16.9. The third-order valence-electron chi connectivity index (χ3n) is 3.89. The Kier molecular flexibility index (Phi) is 5.53. The molecule has 24 heavy (non-hydrogen) atoms. The first kappa shape index (κ1) is 17.0. The molecule has 0 aromatic heterocycles. The Labute approximate surface area is 150 Å². The fourth-order valence-electron chi connectivity index (χ4n) is 2.70. The summed E-state index contributed by atoms with van der Waals surface area (Å²) in [7, 11) is 0. The van der Waals surface area contributed by atoms with Gasteiger partial charge in [-0.1, -0.05) is 46.3 Å². The van der Waals surface area contributed by atoms with Crippen LogP contribution in [0.1, 0.15) is 22.8 Å². The van der Waals surface area contributed by atoms with Gasteiger partial charge in [-0.25, -0.2) is 0 Å². The molecule has 0 N–H and O–H groups in total. The van der Waals surface area contributed by atoms with Gasteiger partial charge < -0.3 is 14.4 Å². The van der Waals surface area contributed by atoms with E-state index >= 15 is 0 Å². The minimum Gasteiger partial charge on any atom is -0.489 e. The molecule has 1 heterocycles. The van der Waals surface area contributed by atoms with Crippen LogP contribution in [-0.4, -0.2) is 36.6 Å². The Bertz CT molecular complexity index is 705. The molecule has 1 saturated heterocycles. The molecule has 4 nitrogen and oxygen atoms in total. The van der Waals surface area contributed by atoms with E-state index in [0.717, 1.165) is 10.0 Å². The van der Waals surface area contributed by atoms with Crippen LogP contribution in [0.2, 0.25) is 0 Å². The van der Waals surface area contributed by atoms with Gasteiger partial charge in [-0.05, 0) is 30.7 Å². The second-order valence-electron chi connectivity index (χ2n) is 5.88. The number of carbonyl (C=O) groups excluding carboxylic acids is 1. The molecule has 1 aliphatic heterocycles. The molecule has 0 aliphatic carbocycles. The van der Waals surface area contributed by atoms with Crippen molar-refractivity contribution in [3.8, 4) is 5.75 Å². The standard InChI is InChI=1S/C19H20BrNO3/c1-14-12-21(7-8-23-14)19(22)16-9-17(20)11-18(10-16)24-13-15-5-3-2-4-6-15/h2-6,9-11,14H,7-8,12-13H2,1H3/t14-/m0/s1. The van der Waals surface area contributed by atoms with Crippen LogP contribution in [0.3, 0.4) is 0 Å². The van der Waals surface area contributed by atoms with Crippen LogP contribution < -0.4 is 4.74 Å². The first-order valence-electron chi connectivity index (χ1n) is 8.00. The van der Waals surface area contributed by atoms with Gasteiger partial charge in [0.05, 0.1) is 12.7 Å². The summed E-state index contributed by atoms with van der Waals surface area (Å²) in [6.45, 7) is 4.27. The van der Waals surface area contributed by atoms with Crippen molar-refractivity contribution in [2.45, 2.75) is 19.6 Å². The van der Waals surface area contributed by atoms with Gasteiger partial charge in [0.25, 0.3) is 5.91 Å². The van der Waals surface area contributed by atoms with Crippen LogP contribution in [0.5, 0.6) is 5.75 Å². The molecule has 5 heteroatoms. The molecule has 126 valence electrons. The lowest BCUT2D eigenvalue weighted by Crippen LogP contribution is -2.44. The average Bonchev–Trinajstić information content (AvgIpc) is 2.60. The van der Waals surface area contributed by atoms with Crippen molar-refractivity contribution in [2.75, 3.05) is 19.7 Å². The van der Waals surface area contributed by atoms with Crippen molar-refractivity contribution in [1.82, 2.24) is 4.90 Å². The van der Waals surface area contributed by atoms with E-state index in [1.807, 2.05) is 54.3 Å². The smallest absolute Gasteiger partial charge is 0.254 e. The van der Waals surface area contributed by atoms with Crippen molar-refractivity contribution in [1.29, 1.82) is 0 Å². The van der Waals surface area contributed by atoms with E-state index in [1.54, 1.807) is 6.07 Å². The summed E-state index contributed by atoms with van der Waals surface area (Å²) in [6, 6.07) is 15.5. The summed E-state index contributed by atoms with van der Waals surface area (Å²) in [6.07, 6.45) is 0.0728. The number of carbonyl (C=O) groups is 1. The maximum Gasteiger partial charge on any atom is 0.254 e. The summed E-state index contributed by atoms with van der Waals surface area (Å²) in [5.74, 6) is 0.689. The Morgan fingerprint density at radius 1 is 1.29 bits per heavy atom. The molecule has 0 saturated carbocycles. The van der Waals surface area contributed by atoms with Gasteiger partial charge in [0.15, 0.2) is 0 Å². The second-order valence-corrected chi connectivity index (χ2v) is 6.80. The van der Waals surface area contributed by atoms with E-state index in [-0.39, 0.29) is 12.0 Å². The number of amides is 1. The first-order chi connectivity index (χ1) is 11.6. The Morgan fingerprint density at radius 3 is 2.83 bits per heavy atom. The number of halogens is 1. The van der Waals surface area contributed by atoms with Crippen molar-refractivity contribution >= 4 is 21.8 Å². The molecule has 1 amide bonds. The van der Waals surface area contributed by atoms with E-state index in [0.29, 0.717) is 37.6 Å². The highest BCUT2D eigenvalue weighted by Gasteiger charge is 2.23. The summed E-state index contributed by atoms with van der Waals surface area (Å²) in [5.41, 5.74) is 1.72. The van der Waals surface area contributed by atoms with Gasteiger partial charge >= 0.3 is 0 Å². The maximum absolute atomic E-state index is 12.7. The summed E-state index contributed by atoms with van der Waals surface area (Å²) in [5, 5.41) is 0. The molecule has 0 radical (unpaired) electrons. The molecule has 2 aromatic carbocycles. The zero-order valence-electron chi connectivity index (χ0n) is 13.6. The lowest BCUT2D eigenvalue weighted by atomic mass is 10.1. The van der Waals surface area contributed by atoms with E-state index in [4.69, 9.17) is 9.47 Å². The number of rotatable bonds is 4. The van der Waals surface area contributed by atoms with Crippen LogP contribution in [0.15, 0.2) is 53.0 Å². The van der Waals surface area contributed by atoms with Crippen LogP contribution in [0, 0.1) is 0 Å². The number of hydrogen-bond acceptors (Lipinski definition) is 3. The average molecular weight is 390 g/mol. The number of hydrogen-bond donors (Lipinski definition) is 0. The van der Waals surface area contributed by atoms with Crippen molar-refractivity contribution < 1.29 is 14.3 Å². The molecule has 0 spiro atoms. The van der Waals surface area contributed by atoms with E-state index in [2.05, 4.69) is 15.9 Å². The van der Waals surface area contributed by atoms with Gasteiger partial charge in [0.2, 0.25) is 0 Å². The second kappa shape index (κ2) is 7.81. The summed E-state index contributed by atoms with van der Waals surface area (Å²) < 4.78 is 12.2. The van der Waals surface area contributed by atoms with Crippen LogP contribution >= 0.6 is 15.9 Å². The lowest BCUT2D eigenvalue weighted by Gasteiger charge is -2.31. The Balaban J connectivity index is 1.72. The van der Waals surface area contributed by atoms with Crippen LogP contribution in [0.25, 0.3) is 0 Å². The third-order valence-corrected chi connectivity index (χ3v) is 4.35. The van der Waals surface area contributed by atoms with Gasteiger partial charge in [-0.15, -0.1) is 0 Å². The maximum atomic E-state index is 12.7. The van der Waals surface area contributed by atoms with Crippen LogP contribution in [-0.2, 0) is 11.3 Å². The van der Waals surface area contributed by atoms with Crippen molar-refractivity contribution in [2.24, 2.45) is 0 Å². The van der Waals surface area contributed by atoms with E-state index in [1.165, 1.54) is 0 Å². The number of morpholine rings is 1. The molecular weight excluding hydrogens is 370 g/mol. The van der Waals surface area contributed by atoms with Gasteiger partial charge in [0, 0.05) is 23.1 Å². The normalized spacial score (nSPS) is 17.6. The highest BCUT2D eigenvalue weighted by molar-refractivity contribution is 9.10. The molecule has 0 unspecified atom stereocenters. The highest BCUT2D eigenvalue weighted by atomic mass is 79.9. The van der Waals surface area contributed by atoms with Crippen molar-refractivity contribution in [3.05, 3.63) is 64.1 Å². The predicted octanol–water partition coefficient (Wildman–Crippen LogP) is 3.89. The molecule has 0 bridgehead atoms. The summed E-state index contributed by atoms with van der Waals surface area (Å²) in [4.78, 5) is 14.5. The first-order valence-corrected chi connectivity index (χ1v) is 8.79. The van der Waals surface area contributed by atoms with Gasteiger partial charge in [-0.3, -0.25) is 4.79 Å². The lowest BCUT2D eigenvalue weighted by molar-refractivity contribution is -0.0124. The molecule has 3 rings (SSSR count). The number of ether oxygens (including phenoxy) is 2. The van der Waals surface area contributed by atoms with E-state index < -0.39 is 0 Å². The molecule has 1 atom stereocenters. The minimum absolute atomic E-state index is 0.0102. The van der Waals surface area contributed by atoms with Gasteiger partial charge in [0.1, 0.15) is 12.4 Å². The monoisotopic (exact) mass is 389 g/mol. The highest BCUT2D eigenvalue weighted by Crippen LogP contribution is 2.24. The SMILES string of the molecule is C[C@H]1CN(C(=O)c2cc(Br)cc(OCc3ccccc3)c2)CCO1. The predicted molar refractivity (Wildman–Crippen MR) is 96.2 cm³/mol. The third kappa shape index (κ3) is 4.36. The number of benzene rings is 2. The minimum atomic E-state index is 0.0102. The number of nitrogens with zero attached hydrogens (tertiary/aromatic N) is 1. The fraction of sp³-hybridized carbons (Fsp3) is 0.316. The molecule has 2 aromatic rings. The topological polar surface area (TPSA) is 38.8 Å². The van der Waals surface area contributed by atoms with Crippen molar-refractivity contribution in [3.63, 3.8) is 0 Å². The molecule has 1 fully saturated rings. The zero-order valence-corrected chi connectivity index (χ0v) is 15.2. The fourth-order valence-corrected chi connectivity index (χ4v) is 3.17.